The fraction of sp³-hybridized carbons (Fsp3) is 0.714. The Kier molecular flexibility index (Phi) is 5.85. The van der Waals surface area contributed by atoms with Crippen LogP contribution in [0.15, 0.2) is 22.8 Å². The minimum absolute atomic E-state index is 0.334. The summed E-state index contributed by atoms with van der Waals surface area (Å²) in [4.78, 5) is 2.33. The molecule has 0 radical (unpaired) electrons. The first kappa shape index (κ1) is 14.5. The first-order valence-electron chi connectivity index (χ1n) is 6.94. The number of aliphatic hydroxyl groups excluding tert-OH is 1. The van der Waals surface area contributed by atoms with Crippen LogP contribution in [0.4, 0.5) is 0 Å². The monoisotopic (exact) mass is 268 g/mol. The predicted octanol–water partition coefficient (Wildman–Crippen LogP) is 0.841. The van der Waals surface area contributed by atoms with Crippen molar-refractivity contribution in [2.45, 2.75) is 31.6 Å². The van der Waals surface area contributed by atoms with Gasteiger partial charge in [-0.2, -0.15) is 0 Å². The van der Waals surface area contributed by atoms with Gasteiger partial charge in [0, 0.05) is 12.6 Å². The fourth-order valence-corrected chi connectivity index (χ4v) is 2.26. The van der Waals surface area contributed by atoms with Crippen molar-refractivity contribution < 1.29 is 14.3 Å². The highest BCUT2D eigenvalue weighted by Crippen LogP contribution is 2.08. The number of hydrogen-bond donors (Lipinski definition) is 2. The largest absolute Gasteiger partial charge is 0.467 e. The number of nitrogens with zero attached hydrogens (tertiary/aromatic N) is 1. The van der Waals surface area contributed by atoms with Gasteiger partial charge in [-0.15, -0.1) is 0 Å². The molecular formula is C14H24N2O3. The summed E-state index contributed by atoms with van der Waals surface area (Å²) in [5.74, 6) is 0.787. The van der Waals surface area contributed by atoms with Crippen LogP contribution in [0.1, 0.15) is 18.6 Å². The van der Waals surface area contributed by atoms with Crippen LogP contribution in [0.25, 0.3) is 0 Å². The van der Waals surface area contributed by atoms with E-state index in [4.69, 9.17) is 9.15 Å². The lowest BCUT2D eigenvalue weighted by Crippen LogP contribution is -2.44. The molecule has 108 valence electrons. The molecule has 19 heavy (non-hydrogen) atoms. The summed E-state index contributed by atoms with van der Waals surface area (Å²) in [6.45, 7) is 3.59. The van der Waals surface area contributed by atoms with Gasteiger partial charge in [0.05, 0.1) is 19.0 Å². The number of furan rings is 1. The van der Waals surface area contributed by atoms with Gasteiger partial charge < -0.3 is 24.5 Å². The zero-order chi connectivity index (χ0) is 13.5. The Morgan fingerprint density at radius 3 is 3.00 bits per heavy atom. The number of hydrogen-bond acceptors (Lipinski definition) is 5. The number of piperidine rings is 1. The number of ether oxygens (including phenoxy) is 1. The maximum Gasteiger partial charge on any atom is 0.129 e. The summed E-state index contributed by atoms with van der Waals surface area (Å²) in [6.07, 6.45) is 3.46. The lowest BCUT2D eigenvalue weighted by atomic mass is 10.1. The average Bonchev–Trinajstić information content (AvgIpc) is 2.91. The van der Waals surface area contributed by atoms with E-state index in [1.165, 1.54) is 0 Å². The molecule has 2 N–H and O–H groups in total. The van der Waals surface area contributed by atoms with E-state index in [0.29, 0.717) is 25.8 Å². The summed E-state index contributed by atoms with van der Waals surface area (Å²) >= 11 is 0. The molecule has 5 nitrogen and oxygen atoms in total. The number of nitrogens with one attached hydrogen (secondary N) is 1. The van der Waals surface area contributed by atoms with E-state index in [9.17, 15) is 5.11 Å². The summed E-state index contributed by atoms with van der Waals surface area (Å²) in [5, 5.41) is 13.2. The van der Waals surface area contributed by atoms with Crippen LogP contribution in [0.2, 0.25) is 0 Å². The van der Waals surface area contributed by atoms with Crippen molar-refractivity contribution in [3.05, 3.63) is 24.2 Å². The molecule has 1 aromatic heterocycles. The first-order chi connectivity index (χ1) is 9.24. The molecule has 2 rings (SSSR count). The molecule has 1 aromatic rings. The van der Waals surface area contributed by atoms with Gasteiger partial charge in [0.25, 0.3) is 0 Å². The molecular weight excluding hydrogens is 244 g/mol. The maximum atomic E-state index is 9.83. The standard InChI is InChI=1S/C14H24N2O3/c1-16-6-4-12(5-7-16)15-9-13(17)10-18-11-14-3-2-8-19-14/h2-3,8,12-13,15,17H,4-7,9-11H2,1H3. The van der Waals surface area contributed by atoms with Crippen LogP contribution >= 0.6 is 0 Å². The molecule has 0 aromatic carbocycles. The second-order valence-electron chi connectivity index (χ2n) is 5.23. The van der Waals surface area contributed by atoms with Crippen LogP contribution in [-0.4, -0.2) is 55.4 Å². The van der Waals surface area contributed by atoms with Crippen LogP contribution in [-0.2, 0) is 11.3 Å². The molecule has 1 unspecified atom stereocenters. The summed E-state index contributed by atoms with van der Waals surface area (Å²) in [5.41, 5.74) is 0. The maximum absolute atomic E-state index is 9.83. The highest BCUT2D eigenvalue weighted by atomic mass is 16.5. The van der Waals surface area contributed by atoms with E-state index in [1.54, 1.807) is 6.26 Å². The topological polar surface area (TPSA) is 57.9 Å². The molecule has 1 fully saturated rings. The SMILES string of the molecule is CN1CCC(NCC(O)COCc2ccco2)CC1. The lowest BCUT2D eigenvalue weighted by molar-refractivity contribution is 0.0206. The molecule has 1 aliphatic heterocycles. The van der Waals surface area contributed by atoms with Gasteiger partial charge in [-0.25, -0.2) is 0 Å². The minimum Gasteiger partial charge on any atom is -0.467 e. The van der Waals surface area contributed by atoms with Gasteiger partial charge in [0.2, 0.25) is 0 Å². The zero-order valence-corrected chi connectivity index (χ0v) is 11.5. The van der Waals surface area contributed by atoms with E-state index in [-0.39, 0.29) is 0 Å². The third-order valence-electron chi connectivity index (χ3n) is 3.50. The highest BCUT2D eigenvalue weighted by Gasteiger charge is 2.17. The second kappa shape index (κ2) is 7.65. The molecule has 5 heteroatoms. The Bertz CT molecular complexity index is 334. The Hall–Kier alpha value is -0.880. The third kappa shape index (κ3) is 5.32. The smallest absolute Gasteiger partial charge is 0.129 e. The lowest BCUT2D eigenvalue weighted by Gasteiger charge is -2.30. The molecule has 0 amide bonds. The summed E-state index contributed by atoms with van der Waals surface area (Å²) < 4.78 is 10.6. The van der Waals surface area contributed by atoms with E-state index < -0.39 is 6.10 Å². The second-order valence-corrected chi connectivity index (χ2v) is 5.23. The molecule has 1 aliphatic rings. The molecule has 1 saturated heterocycles. The Morgan fingerprint density at radius 2 is 2.32 bits per heavy atom. The molecule has 0 spiro atoms. The van der Waals surface area contributed by atoms with Crippen LogP contribution in [0, 0.1) is 0 Å². The van der Waals surface area contributed by atoms with E-state index >= 15 is 0 Å². The van der Waals surface area contributed by atoms with Crippen molar-refractivity contribution in [3.63, 3.8) is 0 Å². The van der Waals surface area contributed by atoms with Crippen molar-refractivity contribution in [2.24, 2.45) is 0 Å². The van der Waals surface area contributed by atoms with Crippen LogP contribution < -0.4 is 5.32 Å². The van der Waals surface area contributed by atoms with Gasteiger partial charge in [-0.05, 0) is 45.1 Å². The Labute approximate surface area is 114 Å². The molecule has 2 heterocycles. The average molecular weight is 268 g/mol. The fourth-order valence-electron chi connectivity index (χ4n) is 2.26. The van der Waals surface area contributed by atoms with Crippen molar-refractivity contribution in [3.8, 4) is 0 Å². The van der Waals surface area contributed by atoms with Gasteiger partial charge in [0.1, 0.15) is 12.4 Å². The van der Waals surface area contributed by atoms with Gasteiger partial charge >= 0.3 is 0 Å². The number of aliphatic hydroxyl groups is 1. The Morgan fingerprint density at radius 1 is 1.53 bits per heavy atom. The Balaban J connectivity index is 1.53. The predicted molar refractivity (Wildman–Crippen MR) is 72.9 cm³/mol. The third-order valence-corrected chi connectivity index (χ3v) is 3.50. The molecule has 0 aliphatic carbocycles. The number of likely N-dealkylation sites (tertiary alicyclic amines) is 1. The zero-order valence-electron chi connectivity index (χ0n) is 11.5. The normalized spacial score (nSPS) is 19.7. The van der Waals surface area contributed by atoms with Crippen molar-refractivity contribution >= 4 is 0 Å². The van der Waals surface area contributed by atoms with E-state index in [2.05, 4.69) is 17.3 Å². The van der Waals surface area contributed by atoms with E-state index in [0.717, 1.165) is 31.7 Å². The quantitative estimate of drug-likeness (QED) is 0.767. The van der Waals surface area contributed by atoms with E-state index in [1.807, 2.05) is 12.1 Å². The number of rotatable bonds is 7. The van der Waals surface area contributed by atoms with Gasteiger partial charge in [0.15, 0.2) is 0 Å². The van der Waals surface area contributed by atoms with Crippen molar-refractivity contribution in [1.82, 2.24) is 10.2 Å². The molecule has 0 saturated carbocycles. The molecule has 1 atom stereocenters. The first-order valence-corrected chi connectivity index (χ1v) is 6.94. The van der Waals surface area contributed by atoms with Crippen molar-refractivity contribution in [1.29, 1.82) is 0 Å². The van der Waals surface area contributed by atoms with Gasteiger partial charge in [-0.1, -0.05) is 0 Å². The van der Waals surface area contributed by atoms with Gasteiger partial charge in [-0.3, -0.25) is 0 Å². The highest BCUT2D eigenvalue weighted by molar-refractivity contribution is 4.96. The van der Waals surface area contributed by atoms with Crippen LogP contribution in [0.3, 0.4) is 0 Å². The minimum atomic E-state index is -0.463. The van der Waals surface area contributed by atoms with Crippen molar-refractivity contribution in [2.75, 3.05) is 33.3 Å². The van der Waals surface area contributed by atoms with Crippen LogP contribution in [0.5, 0.6) is 0 Å². The molecule has 0 bridgehead atoms. The summed E-state index contributed by atoms with van der Waals surface area (Å²) in [7, 11) is 2.15. The summed E-state index contributed by atoms with van der Waals surface area (Å²) in [6, 6.07) is 4.22.